The molecule has 0 heterocycles. The maximum atomic E-state index is 5.11. The molecule has 0 aliphatic rings. The van der Waals surface area contributed by atoms with Gasteiger partial charge in [0.25, 0.3) is 0 Å². The molecule has 0 unspecified atom stereocenters. The Morgan fingerprint density at radius 2 is 1.82 bits per heavy atom. The molecule has 0 saturated carbocycles. The van der Waals surface area contributed by atoms with Crippen LogP contribution in [0.1, 0.15) is 33.6 Å². The standard InChI is InChI=1S/C10H18O/c1-5-9(3)7-8-10(6-2)11-4/h7-8H,5-6H2,1-4H3/b9-7-,10-8+. The fourth-order valence-electron chi connectivity index (χ4n) is 0.683. The summed E-state index contributed by atoms with van der Waals surface area (Å²) in [5.74, 6) is 1.04. The van der Waals surface area contributed by atoms with Gasteiger partial charge in [0.1, 0.15) is 0 Å². The molecule has 0 bridgehead atoms. The number of hydrogen-bond acceptors (Lipinski definition) is 1. The summed E-state index contributed by atoms with van der Waals surface area (Å²) in [5.41, 5.74) is 1.38. The number of ether oxygens (including phenoxy) is 1. The Balaban J connectivity index is 4.06. The van der Waals surface area contributed by atoms with Crippen LogP contribution in [0.5, 0.6) is 0 Å². The third kappa shape index (κ3) is 4.65. The molecule has 0 aromatic rings. The second-order valence-corrected chi connectivity index (χ2v) is 2.56. The van der Waals surface area contributed by atoms with Gasteiger partial charge in [0.2, 0.25) is 0 Å². The SMILES string of the molecule is CC/C(C)=C\C=C(/CC)OC. The third-order valence-electron chi connectivity index (χ3n) is 1.72. The Morgan fingerprint density at radius 1 is 1.18 bits per heavy atom. The average molecular weight is 154 g/mol. The van der Waals surface area contributed by atoms with E-state index in [9.17, 15) is 0 Å². The van der Waals surface area contributed by atoms with Crippen molar-refractivity contribution in [2.75, 3.05) is 7.11 Å². The largest absolute Gasteiger partial charge is 0.501 e. The summed E-state index contributed by atoms with van der Waals surface area (Å²) in [6.07, 6.45) is 6.22. The second-order valence-electron chi connectivity index (χ2n) is 2.56. The van der Waals surface area contributed by atoms with E-state index in [0.717, 1.165) is 18.6 Å². The van der Waals surface area contributed by atoms with E-state index in [1.807, 2.05) is 6.08 Å². The topological polar surface area (TPSA) is 9.23 Å². The third-order valence-corrected chi connectivity index (χ3v) is 1.72. The van der Waals surface area contributed by atoms with Crippen LogP contribution in [0, 0.1) is 0 Å². The van der Waals surface area contributed by atoms with E-state index in [-0.39, 0.29) is 0 Å². The van der Waals surface area contributed by atoms with Crippen molar-refractivity contribution in [1.82, 2.24) is 0 Å². The zero-order valence-corrected chi connectivity index (χ0v) is 7.98. The molecule has 0 aromatic heterocycles. The van der Waals surface area contributed by atoms with Crippen LogP contribution in [-0.2, 0) is 4.74 Å². The van der Waals surface area contributed by atoms with E-state index in [4.69, 9.17) is 4.74 Å². The van der Waals surface area contributed by atoms with E-state index in [1.165, 1.54) is 5.57 Å². The van der Waals surface area contributed by atoms with Crippen LogP contribution < -0.4 is 0 Å². The normalized spacial score (nSPS) is 13.5. The molecule has 0 saturated heterocycles. The first-order chi connectivity index (χ1) is 5.24. The summed E-state index contributed by atoms with van der Waals surface area (Å²) in [6, 6.07) is 0. The van der Waals surface area contributed by atoms with Crippen LogP contribution in [0.25, 0.3) is 0 Å². The van der Waals surface area contributed by atoms with Gasteiger partial charge in [0.05, 0.1) is 12.9 Å². The summed E-state index contributed by atoms with van der Waals surface area (Å²) in [6.45, 7) is 6.36. The summed E-state index contributed by atoms with van der Waals surface area (Å²) in [7, 11) is 1.71. The highest BCUT2D eigenvalue weighted by Crippen LogP contribution is 2.04. The highest BCUT2D eigenvalue weighted by molar-refractivity contribution is 5.12. The van der Waals surface area contributed by atoms with Crippen LogP contribution in [-0.4, -0.2) is 7.11 Å². The monoisotopic (exact) mass is 154 g/mol. The summed E-state index contributed by atoms with van der Waals surface area (Å²) in [4.78, 5) is 0. The lowest BCUT2D eigenvalue weighted by atomic mass is 10.2. The maximum Gasteiger partial charge on any atom is 0.0952 e. The molecule has 1 nitrogen and oxygen atoms in total. The zero-order chi connectivity index (χ0) is 8.69. The van der Waals surface area contributed by atoms with Crippen LogP contribution in [0.2, 0.25) is 0 Å². The van der Waals surface area contributed by atoms with Gasteiger partial charge in [0.15, 0.2) is 0 Å². The predicted octanol–water partition coefficient (Wildman–Crippen LogP) is 3.28. The van der Waals surface area contributed by atoms with Crippen molar-refractivity contribution in [3.05, 3.63) is 23.5 Å². The van der Waals surface area contributed by atoms with Crippen molar-refractivity contribution < 1.29 is 4.74 Å². The highest BCUT2D eigenvalue weighted by Gasteiger charge is 1.87. The van der Waals surface area contributed by atoms with Gasteiger partial charge in [-0.15, -0.1) is 0 Å². The molecule has 64 valence electrons. The smallest absolute Gasteiger partial charge is 0.0952 e. The number of rotatable bonds is 4. The first kappa shape index (κ1) is 10.3. The Hall–Kier alpha value is -0.720. The molecular weight excluding hydrogens is 136 g/mol. The van der Waals surface area contributed by atoms with Gasteiger partial charge in [-0.2, -0.15) is 0 Å². The molecule has 0 N–H and O–H groups in total. The molecule has 0 aliphatic carbocycles. The average Bonchev–Trinajstić information content (AvgIpc) is 2.06. The molecule has 0 aromatic carbocycles. The molecule has 0 atom stereocenters. The molecule has 0 radical (unpaired) electrons. The van der Waals surface area contributed by atoms with Crippen molar-refractivity contribution in [2.24, 2.45) is 0 Å². The summed E-state index contributed by atoms with van der Waals surface area (Å²) >= 11 is 0. The van der Waals surface area contributed by atoms with Gasteiger partial charge in [0, 0.05) is 6.42 Å². The minimum Gasteiger partial charge on any atom is -0.501 e. The van der Waals surface area contributed by atoms with Gasteiger partial charge >= 0.3 is 0 Å². The lowest BCUT2D eigenvalue weighted by Crippen LogP contribution is -1.82. The second kappa shape index (κ2) is 6.02. The number of hydrogen-bond donors (Lipinski definition) is 0. The minimum absolute atomic E-state index is 0.962. The Bertz CT molecular complexity index is 148. The van der Waals surface area contributed by atoms with Crippen molar-refractivity contribution in [1.29, 1.82) is 0 Å². The predicted molar refractivity (Wildman–Crippen MR) is 49.4 cm³/mol. The fourth-order valence-corrected chi connectivity index (χ4v) is 0.683. The molecule has 0 fully saturated rings. The highest BCUT2D eigenvalue weighted by atomic mass is 16.5. The van der Waals surface area contributed by atoms with Gasteiger partial charge in [-0.1, -0.05) is 25.5 Å². The van der Waals surface area contributed by atoms with Gasteiger partial charge in [-0.05, 0) is 19.4 Å². The molecule has 0 amide bonds. The molecule has 0 spiro atoms. The van der Waals surface area contributed by atoms with Crippen LogP contribution >= 0.6 is 0 Å². The lowest BCUT2D eigenvalue weighted by Gasteiger charge is -2.00. The van der Waals surface area contributed by atoms with E-state index < -0.39 is 0 Å². The van der Waals surface area contributed by atoms with E-state index in [0.29, 0.717) is 0 Å². The van der Waals surface area contributed by atoms with Crippen molar-refractivity contribution >= 4 is 0 Å². The molecule has 0 rings (SSSR count). The first-order valence-electron chi connectivity index (χ1n) is 4.14. The van der Waals surface area contributed by atoms with Crippen molar-refractivity contribution in [3.63, 3.8) is 0 Å². The van der Waals surface area contributed by atoms with Crippen LogP contribution in [0.4, 0.5) is 0 Å². The van der Waals surface area contributed by atoms with Gasteiger partial charge in [-0.3, -0.25) is 0 Å². The Kier molecular flexibility index (Phi) is 5.63. The Labute approximate surface area is 69.8 Å². The summed E-state index contributed by atoms with van der Waals surface area (Å²) < 4.78 is 5.11. The quantitative estimate of drug-likeness (QED) is 0.446. The maximum absolute atomic E-state index is 5.11. The molecular formula is C10H18O. The summed E-state index contributed by atoms with van der Waals surface area (Å²) in [5, 5.41) is 0. The van der Waals surface area contributed by atoms with E-state index >= 15 is 0 Å². The Morgan fingerprint density at radius 3 is 2.18 bits per heavy atom. The van der Waals surface area contributed by atoms with Crippen LogP contribution in [0.3, 0.4) is 0 Å². The van der Waals surface area contributed by atoms with E-state index in [2.05, 4.69) is 26.8 Å². The molecule has 11 heavy (non-hydrogen) atoms. The fraction of sp³-hybridized carbons (Fsp3) is 0.600. The lowest BCUT2D eigenvalue weighted by molar-refractivity contribution is 0.281. The van der Waals surface area contributed by atoms with Gasteiger partial charge in [-0.25, -0.2) is 0 Å². The zero-order valence-electron chi connectivity index (χ0n) is 7.98. The minimum atomic E-state index is 0.962. The van der Waals surface area contributed by atoms with E-state index in [1.54, 1.807) is 7.11 Å². The van der Waals surface area contributed by atoms with Crippen LogP contribution in [0.15, 0.2) is 23.5 Å². The van der Waals surface area contributed by atoms with Crippen molar-refractivity contribution in [3.8, 4) is 0 Å². The first-order valence-corrected chi connectivity index (χ1v) is 4.14. The van der Waals surface area contributed by atoms with Crippen molar-refractivity contribution in [2.45, 2.75) is 33.6 Å². The van der Waals surface area contributed by atoms with Gasteiger partial charge < -0.3 is 4.74 Å². The number of methoxy groups -OCH3 is 1. The molecule has 0 aliphatic heterocycles. The number of allylic oxidation sites excluding steroid dienone is 4. The molecule has 1 heteroatoms.